The van der Waals surface area contributed by atoms with Gasteiger partial charge in [-0.05, 0) is 61.2 Å². The minimum Gasteiger partial charge on any atom is -0.457 e. The van der Waals surface area contributed by atoms with Gasteiger partial charge >= 0.3 is 0 Å². The predicted octanol–water partition coefficient (Wildman–Crippen LogP) is 4.65. The Hall–Kier alpha value is -1.48. The molecule has 0 saturated heterocycles. The van der Waals surface area contributed by atoms with Gasteiger partial charge in [-0.15, -0.1) is 11.8 Å². The van der Waals surface area contributed by atoms with Crippen molar-refractivity contribution < 1.29 is 9.13 Å². The third-order valence-corrected chi connectivity index (χ3v) is 3.31. The summed E-state index contributed by atoms with van der Waals surface area (Å²) in [6.07, 6.45) is 2.04. The summed E-state index contributed by atoms with van der Waals surface area (Å²) in [6.45, 7) is 2.04. The first kappa shape index (κ1) is 12.0. The number of rotatable bonds is 3. The monoisotopic (exact) mass is 248 g/mol. The lowest BCUT2D eigenvalue weighted by atomic mass is 10.2. The summed E-state index contributed by atoms with van der Waals surface area (Å²) in [6, 6.07) is 11.9. The van der Waals surface area contributed by atoms with Gasteiger partial charge in [0.15, 0.2) is 0 Å². The Bertz CT molecular complexity index is 508. The summed E-state index contributed by atoms with van der Waals surface area (Å²) >= 11 is 1.71. The number of aryl methyl sites for hydroxylation is 1. The van der Waals surface area contributed by atoms with Crippen molar-refractivity contribution in [3.63, 3.8) is 0 Å². The molecule has 0 unspecified atom stereocenters. The first-order valence-corrected chi connectivity index (χ1v) is 6.49. The lowest BCUT2D eigenvalue weighted by molar-refractivity contribution is 0.479. The van der Waals surface area contributed by atoms with Crippen LogP contribution in [0.2, 0.25) is 0 Å². The van der Waals surface area contributed by atoms with E-state index < -0.39 is 0 Å². The van der Waals surface area contributed by atoms with Crippen molar-refractivity contribution in [3.05, 3.63) is 53.8 Å². The van der Waals surface area contributed by atoms with Crippen LogP contribution in [-0.2, 0) is 0 Å². The third-order valence-electron chi connectivity index (χ3n) is 2.42. The molecule has 0 spiro atoms. The second kappa shape index (κ2) is 5.23. The Morgan fingerprint density at radius 3 is 2.24 bits per heavy atom. The van der Waals surface area contributed by atoms with E-state index in [0.29, 0.717) is 5.75 Å². The van der Waals surface area contributed by atoms with Gasteiger partial charge in [-0.1, -0.05) is 0 Å². The van der Waals surface area contributed by atoms with Gasteiger partial charge in [-0.2, -0.15) is 0 Å². The molecule has 2 rings (SSSR count). The number of halogens is 1. The summed E-state index contributed by atoms with van der Waals surface area (Å²) in [5.41, 5.74) is 1.18. The smallest absolute Gasteiger partial charge is 0.127 e. The van der Waals surface area contributed by atoms with E-state index >= 15 is 0 Å². The Morgan fingerprint density at radius 2 is 1.65 bits per heavy atom. The first-order valence-electron chi connectivity index (χ1n) is 5.27. The molecule has 0 saturated carbocycles. The molecular weight excluding hydrogens is 235 g/mol. The summed E-state index contributed by atoms with van der Waals surface area (Å²) in [5, 5.41) is 0. The van der Waals surface area contributed by atoms with Crippen LogP contribution in [0.5, 0.6) is 11.5 Å². The molecule has 0 radical (unpaired) electrons. The molecule has 0 bridgehead atoms. The summed E-state index contributed by atoms with van der Waals surface area (Å²) < 4.78 is 18.4. The third kappa shape index (κ3) is 3.01. The number of thioether (sulfide) groups is 1. The highest BCUT2D eigenvalue weighted by molar-refractivity contribution is 7.98. The fourth-order valence-corrected chi connectivity index (χ4v) is 2.14. The zero-order chi connectivity index (χ0) is 12.3. The molecule has 0 aliphatic heterocycles. The standard InChI is InChI=1S/C14H13FOS/c1-10-9-13(7-8-14(10)17-2)16-12-5-3-11(15)4-6-12/h3-9H,1-2H3. The molecule has 0 fully saturated rings. The maximum absolute atomic E-state index is 12.7. The number of ether oxygens (including phenoxy) is 1. The van der Waals surface area contributed by atoms with Crippen molar-refractivity contribution in [1.82, 2.24) is 0 Å². The molecule has 2 aromatic rings. The van der Waals surface area contributed by atoms with Gasteiger partial charge in [-0.25, -0.2) is 4.39 Å². The second-order valence-corrected chi connectivity index (χ2v) is 4.54. The average Bonchev–Trinajstić information content (AvgIpc) is 2.32. The molecule has 0 atom stereocenters. The van der Waals surface area contributed by atoms with Gasteiger partial charge in [-0.3, -0.25) is 0 Å². The van der Waals surface area contributed by atoms with Crippen molar-refractivity contribution >= 4 is 11.8 Å². The van der Waals surface area contributed by atoms with Crippen LogP contribution in [0.3, 0.4) is 0 Å². The fraction of sp³-hybridized carbons (Fsp3) is 0.143. The van der Waals surface area contributed by atoms with E-state index in [1.165, 1.54) is 22.6 Å². The van der Waals surface area contributed by atoms with Crippen LogP contribution < -0.4 is 4.74 Å². The SMILES string of the molecule is CSc1ccc(Oc2ccc(F)cc2)cc1C. The summed E-state index contributed by atoms with van der Waals surface area (Å²) in [4.78, 5) is 1.23. The first-order chi connectivity index (χ1) is 8.19. The van der Waals surface area contributed by atoms with E-state index in [9.17, 15) is 4.39 Å². The quantitative estimate of drug-likeness (QED) is 0.731. The molecule has 0 heterocycles. The predicted molar refractivity (Wildman–Crippen MR) is 69.4 cm³/mol. The van der Waals surface area contributed by atoms with Gasteiger partial charge in [0.05, 0.1) is 0 Å². The highest BCUT2D eigenvalue weighted by atomic mass is 32.2. The molecule has 0 amide bonds. The molecule has 0 aliphatic carbocycles. The van der Waals surface area contributed by atoms with E-state index in [1.807, 2.05) is 31.4 Å². The molecule has 3 heteroatoms. The largest absolute Gasteiger partial charge is 0.457 e. The van der Waals surface area contributed by atoms with Crippen LogP contribution in [0, 0.1) is 12.7 Å². The van der Waals surface area contributed by atoms with Crippen molar-refractivity contribution in [2.24, 2.45) is 0 Å². The van der Waals surface area contributed by atoms with Gasteiger partial charge in [0.1, 0.15) is 17.3 Å². The van der Waals surface area contributed by atoms with Crippen LogP contribution in [0.15, 0.2) is 47.4 Å². The van der Waals surface area contributed by atoms with Gasteiger partial charge in [0.2, 0.25) is 0 Å². The normalized spacial score (nSPS) is 10.3. The molecular formula is C14H13FOS. The summed E-state index contributed by atoms with van der Waals surface area (Å²) in [5.74, 6) is 1.15. The molecule has 0 aromatic heterocycles. The second-order valence-electron chi connectivity index (χ2n) is 3.69. The van der Waals surface area contributed by atoms with Crippen molar-refractivity contribution in [2.75, 3.05) is 6.26 Å². The average molecular weight is 248 g/mol. The zero-order valence-electron chi connectivity index (χ0n) is 9.74. The van der Waals surface area contributed by atoms with Crippen LogP contribution >= 0.6 is 11.8 Å². The highest BCUT2D eigenvalue weighted by Gasteiger charge is 2.01. The lowest BCUT2D eigenvalue weighted by Gasteiger charge is -2.08. The molecule has 17 heavy (non-hydrogen) atoms. The molecule has 0 N–H and O–H groups in total. The van der Waals surface area contributed by atoms with Gasteiger partial charge in [0.25, 0.3) is 0 Å². The van der Waals surface area contributed by atoms with E-state index in [-0.39, 0.29) is 5.82 Å². The van der Waals surface area contributed by atoms with E-state index in [1.54, 1.807) is 23.9 Å². The van der Waals surface area contributed by atoms with E-state index in [0.717, 1.165) is 5.75 Å². The number of benzene rings is 2. The minimum absolute atomic E-state index is 0.258. The number of hydrogen-bond donors (Lipinski definition) is 0. The minimum atomic E-state index is -0.258. The Balaban J connectivity index is 2.19. The zero-order valence-corrected chi connectivity index (χ0v) is 10.6. The van der Waals surface area contributed by atoms with Crippen molar-refractivity contribution in [2.45, 2.75) is 11.8 Å². The Morgan fingerprint density at radius 1 is 1.00 bits per heavy atom. The topological polar surface area (TPSA) is 9.23 Å². The maximum Gasteiger partial charge on any atom is 0.127 e. The summed E-state index contributed by atoms with van der Waals surface area (Å²) in [7, 11) is 0. The van der Waals surface area contributed by atoms with E-state index in [2.05, 4.69) is 0 Å². The van der Waals surface area contributed by atoms with Crippen molar-refractivity contribution in [1.29, 1.82) is 0 Å². The van der Waals surface area contributed by atoms with Crippen LogP contribution in [-0.4, -0.2) is 6.26 Å². The van der Waals surface area contributed by atoms with Gasteiger partial charge in [0, 0.05) is 4.90 Å². The lowest BCUT2D eigenvalue weighted by Crippen LogP contribution is -1.86. The fourth-order valence-electron chi connectivity index (χ4n) is 1.55. The maximum atomic E-state index is 12.7. The highest BCUT2D eigenvalue weighted by Crippen LogP contribution is 2.27. The van der Waals surface area contributed by atoms with Gasteiger partial charge < -0.3 is 4.74 Å². The van der Waals surface area contributed by atoms with Crippen LogP contribution in [0.25, 0.3) is 0 Å². The number of hydrogen-bond acceptors (Lipinski definition) is 2. The van der Waals surface area contributed by atoms with Crippen molar-refractivity contribution in [3.8, 4) is 11.5 Å². The Kier molecular flexibility index (Phi) is 3.69. The molecule has 0 aliphatic rings. The molecule has 1 nitrogen and oxygen atoms in total. The molecule has 88 valence electrons. The van der Waals surface area contributed by atoms with Crippen LogP contribution in [0.1, 0.15) is 5.56 Å². The van der Waals surface area contributed by atoms with Crippen LogP contribution in [0.4, 0.5) is 4.39 Å². The molecule has 2 aromatic carbocycles. The van der Waals surface area contributed by atoms with E-state index in [4.69, 9.17) is 4.74 Å². The Labute approximate surface area is 105 Å².